The van der Waals surface area contributed by atoms with Crippen LogP contribution in [0.1, 0.15) is 19.5 Å². The summed E-state index contributed by atoms with van der Waals surface area (Å²) < 4.78 is 0. The fourth-order valence-corrected chi connectivity index (χ4v) is 2.29. The van der Waals surface area contributed by atoms with Gasteiger partial charge in [-0.05, 0) is 20.8 Å². The van der Waals surface area contributed by atoms with Crippen molar-refractivity contribution in [2.75, 3.05) is 23.4 Å². The van der Waals surface area contributed by atoms with E-state index in [0.717, 1.165) is 0 Å². The number of aromatic nitrogens is 2. The van der Waals surface area contributed by atoms with Crippen LogP contribution in [0, 0.1) is 17.0 Å². The van der Waals surface area contributed by atoms with Crippen LogP contribution in [0.3, 0.4) is 0 Å². The van der Waals surface area contributed by atoms with Gasteiger partial charge in [0.1, 0.15) is 11.2 Å². The summed E-state index contributed by atoms with van der Waals surface area (Å²) >= 11 is 0. The minimum absolute atomic E-state index is 0.0647. The number of piperazine rings is 1. The first-order valence-electron chi connectivity index (χ1n) is 6.34. The van der Waals surface area contributed by atoms with E-state index >= 15 is 0 Å². The number of carbonyl (C=O) groups excluding carboxylic acids is 1. The highest BCUT2D eigenvalue weighted by atomic mass is 16.6. The largest absolute Gasteiger partial charge is 0.352 e. The molecule has 2 rings (SSSR count). The summed E-state index contributed by atoms with van der Waals surface area (Å²) in [6.45, 7) is 5.64. The van der Waals surface area contributed by atoms with E-state index in [4.69, 9.17) is 5.84 Å². The standard InChI is InChI=1S/C11H17N7O3/c1-6-7(18(20)21)8(15-10(14-6)16-12)17-5-4-13-9(19)11(17,2)3/h4-5,12H2,1-3H3,(H,13,19)(H,14,15,16). The molecule has 1 aromatic rings. The molecule has 0 aromatic carbocycles. The molecule has 0 aliphatic carbocycles. The quantitative estimate of drug-likeness (QED) is 0.392. The zero-order chi connectivity index (χ0) is 15.8. The van der Waals surface area contributed by atoms with Crippen molar-refractivity contribution in [3.8, 4) is 0 Å². The minimum atomic E-state index is -0.963. The Morgan fingerprint density at radius 2 is 2.14 bits per heavy atom. The molecule has 10 heteroatoms. The van der Waals surface area contributed by atoms with Crippen molar-refractivity contribution in [2.24, 2.45) is 5.84 Å². The van der Waals surface area contributed by atoms with Crippen LogP contribution in [0.4, 0.5) is 17.5 Å². The Balaban J connectivity index is 2.63. The van der Waals surface area contributed by atoms with Gasteiger partial charge >= 0.3 is 5.69 Å². The van der Waals surface area contributed by atoms with Crippen molar-refractivity contribution < 1.29 is 9.72 Å². The van der Waals surface area contributed by atoms with E-state index in [9.17, 15) is 14.9 Å². The van der Waals surface area contributed by atoms with Gasteiger partial charge in [-0.25, -0.2) is 10.8 Å². The van der Waals surface area contributed by atoms with Crippen LogP contribution in [-0.4, -0.2) is 39.4 Å². The van der Waals surface area contributed by atoms with Crippen LogP contribution in [0.2, 0.25) is 0 Å². The molecule has 4 N–H and O–H groups in total. The summed E-state index contributed by atoms with van der Waals surface area (Å²) in [7, 11) is 0. The number of rotatable bonds is 3. The Morgan fingerprint density at radius 3 is 2.71 bits per heavy atom. The van der Waals surface area contributed by atoms with Gasteiger partial charge in [-0.2, -0.15) is 4.98 Å². The molecule has 1 aromatic heterocycles. The summed E-state index contributed by atoms with van der Waals surface area (Å²) in [4.78, 5) is 32.4. The van der Waals surface area contributed by atoms with Crippen molar-refractivity contribution in [3.05, 3.63) is 15.8 Å². The number of hydrazine groups is 1. The third kappa shape index (κ3) is 2.44. The van der Waals surface area contributed by atoms with Crippen LogP contribution in [-0.2, 0) is 4.79 Å². The molecule has 1 aliphatic rings. The first-order chi connectivity index (χ1) is 9.78. The summed E-state index contributed by atoms with van der Waals surface area (Å²) in [5, 5.41) is 14.1. The molecule has 21 heavy (non-hydrogen) atoms. The summed E-state index contributed by atoms with van der Waals surface area (Å²) in [6.07, 6.45) is 0. The Hall–Kier alpha value is -2.49. The van der Waals surface area contributed by atoms with Crippen LogP contribution in [0.15, 0.2) is 0 Å². The number of hydrogen-bond donors (Lipinski definition) is 3. The smallest absolute Gasteiger partial charge is 0.332 e. The zero-order valence-corrected chi connectivity index (χ0v) is 12.0. The third-order valence-electron chi connectivity index (χ3n) is 3.46. The fourth-order valence-electron chi connectivity index (χ4n) is 2.29. The second-order valence-electron chi connectivity index (χ2n) is 5.17. The first-order valence-corrected chi connectivity index (χ1v) is 6.34. The molecule has 1 fully saturated rings. The van der Waals surface area contributed by atoms with Crippen LogP contribution >= 0.6 is 0 Å². The van der Waals surface area contributed by atoms with E-state index in [2.05, 4.69) is 20.7 Å². The lowest BCUT2D eigenvalue weighted by atomic mass is 9.98. The highest BCUT2D eigenvalue weighted by Gasteiger charge is 2.42. The Kier molecular flexibility index (Phi) is 3.64. The molecular weight excluding hydrogens is 278 g/mol. The highest BCUT2D eigenvalue weighted by molar-refractivity contribution is 5.91. The Bertz CT molecular complexity index is 602. The zero-order valence-electron chi connectivity index (χ0n) is 12.0. The molecule has 0 atom stereocenters. The summed E-state index contributed by atoms with van der Waals surface area (Å²) in [5.41, 5.74) is 1.27. The van der Waals surface area contributed by atoms with E-state index in [1.165, 1.54) is 6.92 Å². The van der Waals surface area contributed by atoms with Crippen LogP contribution < -0.4 is 21.5 Å². The van der Waals surface area contributed by atoms with E-state index in [0.29, 0.717) is 13.1 Å². The molecule has 2 heterocycles. The van der Waals surface area contributed by atoms with E-state index < -0.39 is 10.5 Å². The van der Waals surface area contributed by atoms with Gasteiger partial charge in [-0.15, -0.1) is 0 Å². The number of nitrogen functional groups attached to an aromatic ring is 1. The third-order valence-corrected chi connectivity index (χ3v) is 3.46. The van der Waals surface area contributed by atoms with Crippen molar-refractivity contribution in [2.45, 2.75) is 26.3 Å². The van der Waals surface area contributed by atoms with Gasteiger partial charge < -0.3 is 10.2 Å². The molecule has 0 bridgehead atoms. The Labute approximate surface area is 120 Å². The Morgan fingerprint density at radius 1 is 1.48 bits per heavy atom. The second-order valence-corrected chi connectivity index (χ2v) is 5.17. The molecule has 1 amide bonds. The predicted molar refractivity (Wildman–Crippen MR) is 75.7 cm³/mol. The number of nitrogens with zero attached hydrogens (tertiary/aromatic N) is 4. The van der Waals surface area contributed by atoms with Crippen LogP contribution in [0.25, 0.3) is 0 Å². The summed E-state index contributed by atoms with van der Waals surface area (Å²) in [6, 6.07) is 0. The fraction of sp³-hybridized carbons (Fsp3) is 0.545. The van der Waals surface area contributed by atoms with E-state index in [-0.39, 0.29) is 29.1 Å². The van der Waals surface area contributed by atoms with E-state index in [1.54, 1.807) is 18.7 Å². The van der Waals surface area contributed by atoms with Gasteiger partial charge in [-0.3, -0.25) is 20.3 Å². The van der Waals surface area contributed by atoms with Crippen molar-refractivity contribution in [3.63, 3.8) is 0 Å². The van der Waals surface area contributed by atoms with Crippen molar-refractivity contribution in [1.82, 2.24) is 15.3 Å². The van der Waals surface area contributed by atoms with Crippen molar-refractivity contribution >= 4 is 23.4 Å². The number of aryl methyl sites for hydroxylation is 1. The van der Waals surface area contributed by atoms with E-state index in [1.807, 2.05) is 0 Å². The number of carbonyl (C=O) groups is 1. The number of hydrogen-bond acceptors (Lipinski definition) is 8. The van der Waals surface area contributed by atoms with Crippen LogP contribution in [0.5, 0.6) is 0 Å². The maximum absolute atomic E-state index is 12.0. The lowest BCUT2D eigenvalue weighted by molar-refractivity contribution is -0.385. The SMILES string of the molecule is Cc1nc(NN)nc(N2CCNC(=O)C2(C)C)c1[N+](=O)[O-]. The highest BCUT2D eigenvalue weighted by Crippen LogP contribution is 2.34. The van der Waals surface area contributed by atoms with Gasteiger partial charge in [0.15, 0.2) is 0 Å². The topological polar surface area (TPSA) is 139 Å². The lowest BCUT2D eigenvalue weighted by Gasteiger charge is -2.41. The molecule has 0 spiro atoms. The second kappa shape index (κ2) is 5.13. The number of nitrogens with two attached hydrogens (primary N) is 1. The molecule has 0 unspecified atom stereocenters. The average Bonchev–Trinajstić information content (AvgIpc) is 2.40. The molecule has 0 saturated carbocycles. The van der Waals surface area contributed by atoms with Gasteiger partial charge in [-0.1, -0.05) is 0 Å². The molecular formula is C11H17N7O3. The van der Waals surface area contributed by atoms with Crippen molar-refractivity contribution in [1.29, 1.82) is 0 Å². The minimum Gasteiger partial charge on any atom is -0.352 e. The molecule has 114 valence electrons. The van der Waals surface area contributed by atoms with Gasteiger partial charge in [0, 0.05) is 13.1 Å². The van der Waals surface area contributed by atoms with Gasteiger partial charge in [0.05, 0.1) is 4.92 Å². The maximum Gasteiger partial charge on any atom is 0.332 e. The monoisotopic (exact) mass is 295 g/mol. The lowest BCUT2D eigenvalue weighted by Crippen LogP contribution is -2.62. The molecule has 1 aliphatic heterocycles. The molecule has 10 nitrogen and oxygen atoms in total. The summed E-state index contributed by atoms with van der Waals surface area (Å²) in [5.74, 6) is 5.22. The predicted octanol–water partition coefficient (Wildman–Crippen LogP) is -0.306. The number of amides is 1. The average molecular weight is 295 g/mol. The number of anilines is 2. The molecule has 1 saturated heterocycles. The maximum atomic E-state index is 12.0. The van der Waals surface area contributed by atoms with Gasteiger partial charge in [0.25, 0.3) is 0 Å². The normalized spacial score (nSPS) is 17.3. The number of nitro groups is 1. The molecule has 0 radical (unpaired) electrons. The first kappa shape index (κ1) is 14.9. The number of nitrogens with one attached hydrogen (secondary N) is 2. The van der Waals surface area contributed by atoms with Gasteiger partial charge in [0.2, 0.25) is 17.7 Å².